The smallest absolute Gasteiger partial charge is 0.160 e. The van der Waals surface area contributed by atoms with Crippen LogP contribution in [0.4, 0.5) is 0 Å². The first-order valence-corrected chi connectivity index (χ1v) is 7.70. The Bertz CT molecular complexity index is 817. The highest BCUT2D eigenvalue weighted by molar-refractivity contribution is 5.77. The minimum atomic E-state index is 0.665. The van der Waals surface area contributed by atoms with E-state index in [1.807, 2.05) is 13.1 Å². The third kappa shape index (κ3) is 2.62. The van der Waals surface area contributed by atoms with Gasteiger partial charge in [0.25, 0.3) is 0 Å². The average Bonchev–Trinajstić information content (AvgIpc) is 2.85. The first-order chi connectivity index (χ1) is 10.6. The number of aryl methyl sites for hydroxylation is 4. The van der Waals surface area contributed by atoms with E-state index in [1.54, 1.807) is 0 Å². The molecule has 0 aliphatic heterocycles. The van der Waals surface area contributed by atoms with E-state index < -0.39 is 0 Å². The lowest BCUT2D eigenvalue weighted by atomic mass is 10.1. The molecule has 0 spiro atoms. The molecular weight excluding hydrogens is 272 g/mol. The van der Waals surface area contributed by atoms with Crippen molar-refractivity contribution in [2.24, 2.45) is 5.73 Å². The van der Waals surface area contributed by atoms with Crippen LogP contribution in [0.2, 0.25) is 0 Å². The lowest BCUT2D eigenvalue weighted by molar-refractivity contribution is 0.667. The van der Waals surface area contributed by atoms with Gasteiger partial charge in [-0.05, 0) is 62.6 Å². The molecule has 0 radical (unpaired) electrons. The molecule has 4 heteroatoms. The summed E-state index contributed by atoms with van der Waals surface area (Å²) in [6.07, 6.45) is 2.81. The molecule has 1 aromatic carbocycles. The van der Waals surface area contributed by atoms with Crippen molar-refractivity contribution in [1.82, 2.24) is 14.5 Å². The van der Waals surface area contributed by atoms with Crippen LogP contribution in [-0.4, -0.2) is 21.1 Å². The summed E-state index contributed by atoms with van der Waals surface area (Å²) in [7, 11) is 0. The molecule has 22 heavy (non-hydrogen) atoms. The van der Waals surface area contributed by atoms with Crippen LogP contribution in [0.15, 0.2) is 30.5 Å². The van der Waals surface area contributed by atoms with Gasteiger partial charge in [0.1, 0.15) is 11.3 Å². The number of nitrogens with zero attached hydrogens (tertiary/aromatic N) is 3. The molecule has 0 saturated carbocycles. The van der Waals surface area contributed by atoms with Crippen LogP contribution in [0.1, 0.15) is 23.1 Å². The normalized spacial score (nSPS) is 11.3. The maximum atomic E-state index is 5.69. The first-order valence-electron chi connectivity index (χ1n) is 7.70. The number of pyridine rings is 1. The summed E-state index contributed by atoms with van der Waals surface area (Å²) in [5, 5.41) is 0. The number of imidazole rings is 1. The maximum Gasteiger partial charge on any atom is 0.160 e. The third-order valence-corrected chi connectivity index (χ3v) is 4.07. The van der Waals surface area contributed by atoms with Gasteiger partial charge in [0, 0.05) is 18.3 Å². The van der Waals surface area contributed by atoms with Crippen LogP contribution in [-0.2, 0) is 6.54 Å². The Kier molecular flexibility index (Phi) is 3.94. The van der Waals surface area contributed by atoms with Crippen LogP contribution in [0.3, 0.4) is 0 Å². The maximum absolute atomic E-state index is 5.69. The molecule has 0 aliphatic rings. The Morgan fingerprint density at radius 3 is 2.64 bits per heavy atom. The number of benzene rings is 1. The average molecular weight is 294 g/mol. The van der Waals surface area contributed by atoms with Crippen molar-refractivity contribution in [3.8, 4) is 11.4 Å². The Labute approximate surface area is 131 Å². The Morgan fingerprint density at radius 2 is 1.91 bits per heavy atom. The molecule has 3 rings (SSSR count). The van der Waals surface area contributed by atoms with Gasteiger partial charge < -0.3 is 10.3 Å². The van der Waals surface area contributed by atoms with Gasteiger partial charge in [0.15, 0.2) is 5.65 Å². The minimum absolute atomic E-state index is 0.665. The van der Waals surface area contributed by atoms with Crippen molar-refractivity contribution in [1.29, 1.82) is 0 Å². The quantitative estimate of drug-likeness (QED) is 0.802. The zero-order valence-electron chi connectivity index (χ0n) is 13.4. The monoisotopic (exact) mass is 294 g/mol. The van der Waals surface area contributed by atoms with Crippen molar-refractivity contribution < 1.29 is 0 Å². The van der Waals surface area contributed by atoms with E-state index in [0.717, 1.165) is 41.1 Å². The number of fused-ring (bicyclic) bond motifs is 1. The molecule has 3 aromatic rings. The summed E-state index contributed by atoms with van der Waals surface area (Å²) in [5.41, 5.74) is 12.4. The molecule has 0 aliphatic carbocycles. The van der Waals surface area contributed by atoms with Gasteiger partial charge in [-0.1, -0.05) is 12.1 Å². The van der Waals surface area contributed by atoms with Crippen molar-refractivity contribution in [3.05, 3.63) is 47.2 Å². The van der Waals surface area contributed by atoms with Gasteiger partial charge in [-0.3, -0.25) is 0 Å². The first kappa shape index (κ1) is 14.7. The van der Waals surface area contributed by atoms with Crippen molar-refractivity contribution >= 4 is 11.2 Å². The molecule has 2 heterocycles. The molecule has 2 aromatic heterocycles. The summed E-state index contributed by atoms with van der Waals surface area (Å²) in [4.78, 5) is 9.41. The Balaban J connectivity index is 2.19. The van der Waals surface area contributed by atoms with Crippen LogP contribution in [0, 0.1) is 20.8 Å². The molecule has 0 saturated heterocycles. The second kappa shape index (κ2) is 5.89. The van der Waals surface area contributed by atoms with E-state index in [4.69, 9.17) is 10.7 Å². The summed E-state index contributed by atoms with van der Waals surface area (Å²) in [5.74, 6) is 0.977. The van der Waals surface area contributed by atoms with Crippen LogP contribution in [0.25, 0.3) is 22.6 Å². The largest absolute Gasteiger partial charge is 0.330 e. The van der Waals surface area contributed by atoms with Gasteiger partial charge in [-0.25, -0.2) is 9.97 Å². The molecule has 0 amide bonds. The third-order valence-electron chi connectivity index (χ3n) is 4.07. The zero-order valence-corrected chi connectivity index (χ0v) is 13.4. The van der Waals surface area contributed by atoms with E-state index in [-0.39, 0.29) is 0 Å². The summed E-state index contributed by atoms with van der Waals surface area (Å²) < 4.78 is 2.19. The fraction of sp³-hybridized carbons (Fsp3) is 0.333. The highest BCUT2D eigenvalue weighted by atomic mass is 15.1. The molecule has 4 nitrogen and oxygen atoms in total. The van der Waals surface area contributed by atoms with Crippen molar-refractivity contribution in [3.63, 3.8) is 0 Å². The van der Waals surface area contributed by atoms with Gasteiger partial charge in [0.05, 0.1) is 0 Å². The Morgan fingerprint density at radius 1 is 1.09 bits per heavy atom. The van der Waals surface area contributed by atoms with Gasteiger partial charge in [0.2, 0.25) is 0 Å². The van der Waals surface area contributed by atoms with Gasteiger partial charge >= 0.3 is 0 Å². The number of rotatable bonds is 4. The van der Waals surface area contributed by atoms with Crippen LogP contribution < -0.4 is 5.73 Å². The summed E-state index contributed by atoms with van der Waals surface area (Å²) >= 11 is 0. The number of nitrogens with two attached hydrogens (primary N) is 1. The summed E-state index contributed by atoms with van der Waals surface area (Å²) in [6, 6.07) is 8.57. The number of hydrogen-bond donors (Lipinski definition) is 1. The molecule has 0 unspecified atom stereocenters. The van der Waals surface area contributed by atoms with E-state index in [1.165, 1.54) is 11.1 Å². The predicted octanol–water partition coefficient (Wildman–Crippen LogP) is 3.37. The van der Waals surface area contributed by atoms with E-state index >= 15 is 0 Å². The highest BCUT2D eigenvalue weighted by Crippen LogP contribution is 2.26. The predicted molar refractivity (Wildman–Crippen MR) is 90.8 cm³/mol. The van der Waals surface area contributed by atoms with Crippen molar-refractivity contribution in [2.75, 3.05) is 6.54 Å². The second-order valence-corrected chi connectivity index (χ2v) is 5.88. The fourth-order valence-electron chi connectivity index (χ4n) is 2.67. The lowest BCUT2D eigenvalue weighted by Crippen LogP contribution is -2.07. The van der Waals surface area contributed by atoms with E-state index in [9.17, 15) is 0 Å². The standard InChI is InChI=1S/C18H22N4/c1-12-9-16-18(20-11-12)22(8-4-7-19)17(21-16)15-6-5-13(2)14(3)10-15/h5-6,9-11H,4,7-8,19H2,1-3H3. The number of aromatic nitrogens is 3. The van der Waals surface area contributed by atoms with Gasteiger partial charge in [-0.15, -0.1) is 0 Å². The Hall–Kier alpha value is -2.20. The van der Waals surface area contributed by atoms with Gasteiger partial charge in [-0.2, -0.15) is 0 Å². The van der Waals surface area contributed by atoms with E-state index in [2.05, 4.69) is 47.7 Å². The molecule has 0 bridgehead atoms. The van der Waals surface area contributed by atoms with E-state index in [0.29, 0.717) is 6.54 Å². The second-order valence-electron chi connectivity index (χ2n) is 5.88. The fourth-order valence-corrected chi connectivity index (χ4v) is 2.67. The minimum Gasteiger partial charge on any atom is -0.330 e. The van der Waals surface area contributed by atoms with Crippen molar-refractivity contribution in [2.45, 2.75) is 33.7 Å². The topological polar surface area (TPSA) is 56.7 Å². The lowest BCUT2D eigenvalue weighted by Gasteiger charge is -2.09. The van der Waals surface area contributed by atoms with Crippen LogP contribution >= 0.6 is 0 Å². The number of hydrogen-bond acceptors (Lipinski definition) is 3. The zero-order chi connectivity index (χ0) is 15.7. The SMILES string of the molecule is Cc1cnc2c(c1)nc(-c1ccc(C)c(C)c1)n2CCCN. The highest BCUT2D eigenvalue weighted by Gasteiger charge is 2.14. The summed E-state index contributed by atoms with van der Waals surface area (Å²) in [6.45, 7) is 7.81. The molecule has 114 valence electrons. The molecule has 0 atom stereocenters. The van der Waals surface area contributed by atoms with Crippen LogP contribution in [0.5, 0.6) is 0 Å². The molecule has 2 N–H and O–H groups in total. The molecule has 0 fully saturated rings. The molecular formula is C18H22N4.